The van der Waals surface area contributed by atoms with E-state index in [1.54, 1.807) is 14.0 Å². The minimum absolute atomic E-state index is 0.282. The van der Waals surface area contributed by atoms with Gasteiger partial charge in [0.15, 0.2) is 0 Å². The molecular weight excluding hydrogens is 202 g/mol. The molecule has 0 amide bonds. The van der Waals surface area contributed by atoms with Gasteiger partial charge in [-0.3, -0.25) is 0 Å². The molecule has 90 valence electrons. The topological polar surface area (TPSA) is 41.5 Å². The van der Waals surface area contributed by atoms with Crippen LogP contribution in [0.15, 0.2) is 24.3 Å². The standard InChI is InChI=1S/C13H21NO2/c1-4-11(9-16-3)14-13-8-6-5-7-12(13)10(2)15/h5-8,10-11,14-15H,4,9H2,1-3H3. The van der Waals surface area contributed by atoms with E-state index in [9.17, 15) is 5.11 Å². The molecule has 0 spiro atoms. The third kappa shape index (κ3) is 3.51. The zero-order valence-corrected chi connectivity index (χ0v) is 10.2. The number of ether oxygens (including phenoxy) is 1. The lowest BCUT2D eigenvalue weighted by molar-refractivity contribution is 0.183. The maximum Gasteiger partial charge on any atom is 0.0781 e. The molecule has 0 aliphatic heterocycles. The molecule has 2 N–H and O–H groups in total. The van der Waals surface area contributed by atoms with Gasteiger partial charge < -0.3 is 15.2 Å². The van der Waals surface area contributed by atoms with E-state index in [0.29, 0.717) is 6.61 Å². The quantitative estimate of drug-likeness (QED) is 0.779. The first-order valence-corrected chi connectivity index (χ1v) is 5.71. The molecule has 0 bridgehead atoms. The lowest BCUT2D eigenvalue weighted by Crippen LogP contribution is -2.24. The van der Waals surface area contributed by atoms with Crippen LogP contribution < -0.4 is 5.32 Å². The largest absolute Gasteiger partial charge is 0.389 e. The van der Waals surface area contributed by atoms with Crippen LogP contribution in [0.3, 0.4) is 0 Å². The van der Waals surface area contributed by atoms with Crippen LogP contribution in [0.2, 0.25) is 0 Å². The van der Waals surface area contributed by atoms with Crippen LogP contribution in [0.1, 0.15) is 31.9 Å². The van der Waals surface area contributed by atoms with Gasteiger partial charge in [0.05, 0.1) is 12.7 Å². The van der Waals surface area contributed by atoms with Crippen molar-refractivity contribution in [3.63, 3.8) is 0 Å². The fourth-order valence-electron chi connectivity index (χ4n) is 1.68. The molecule has 1 rings (SSSR count). The minimum atomic E-state index is -0.455. The van der Waals surface area contributed by atoms with Gasteiger partial charge in [0.1, 0.15) is 0 Å². The number of methoxy groups -OCH3 is 1. The van der Waals surface area contributed by atoms with Gasteiger partial charge in [-0.25, -0.2) is 0 Å². The van der Waals surface area contributed by atoms with Crippen LogP contribution >= 0.6 is 0 Å². The lowest BCUT2D eigenvalue weighted by atomic mass is 10.1. The van der Waals surface area contributed by atoms with Crippen molar-refractivity contribution in [1.82, 2.24) is 0 Å². The van der Waals surface area contributed by atoms with Crippen LogP contribution in [0.25, 0.3) is 0 Å². The lowest BCUT2D eigenvalue weighted by Gasteiger charge is -2.20. The van der Waals surface area contributed by atoms with E-state index in [0.717, 1.165) is 17.7 Å². The maximum absolute atomic E-state index is 9.65. The van der Waals surface area contributed by atoms with E-state index in [-0.39, 0.29) is 6.04 Å². The van der Waals surface area contributed by atoms with Gasteiger partial charge >= 0.3 is 0 Å². The molecule has 3 heteroatoms. The van der Waals surface area contributed by atoms with Gasteiger partial charge in [-0.2, -0.15) is 0 Å². The molecule has 1 aromatic carbocycles. The summed E-state index contributed by atoms with van der Waals surface area (Å²) in [7, 11) is 1.70. The first kappa shape index (κ1) is 13.0. The zero-order valence-electron chi connectivity index (χ0n) is 10.2. The summed E-state index contributed by atoms with van der Waals surface area (Å²) in [5.74, 6) is 0. The van der Waals surface area contributed by atoms with Crippen molar-refractivity contribution in [2.24, 2.45) is 0 Å². The highest BCUT2D eigenvalue weighted by atomic mass is 16.5. The summed E-state index contributed by atoms with van der Waals surface area (Å²) in [6.45, 7) is 4.56. The average molecular weight is 223 g/mol. The molecule has 0 aliphatic carbocycles. The van der Waals surface area contributed by atoms with Crippen LogP contribution in [0.5, 0.6) is 0 Å². The number of benzene rings is 1. The molecule has 0 saturated heterocycles. The molecule has 0 aliphatic rings. The van der Waals surface area contributed by atoms with Crippen molar-refractivity contribution < 1.29 is 9.84 Å². The number of nitrogens with one attached hydrogen (secondary N) is 1. The Balaban J connectivity index is 2.78. The second kappa shape index (κ2) is 6.51. The Morgan fingerprint density at radius 1 is 1.38 bits per heavy atom. The van der Waals surface area contributed by atoms with Crippen LogP contribution in [0, 0.1) is 0 Å². The summed E-state index contributed by atoms with van der Waals surface area (Å²) < 4.78 is 5.14. The van der Waals surface area contributed by atoms with Crippen LogP contribution in [-0.2, 0) is 4.74 Å². The number of aliphatic hydroxyl groups excluding tert-OH is 1. The monoisotopic (exact) mass is 223 g/mol. The number of aliphatic hydroxyl groups is 1. The summed E-state index contributed by atoms with van der Waals surface area (Å²) in [6, 6.07) is 8.11. The van der Waals surface area contributed by atoms with Gasteiger partial charge in [0.25, 0.3) is 0 Å². The second-order valence-electron chi connectivity index (χ2n) is 3.97. The third-order valence-corrected chi connectivity index (χ3v) is 2.63. The Hall–Kier alpha value is -1.06. The first-order valence-electron chi connectivity index (χ1n) is 5.71. The predicted molar refractivity (Wildman–Crippen MR) is 66.7 cm³/mol. The Morgan fingerprint density at radius 2 is 2.06 bits per heavy atom. The molecule has 2 unspecified atom stereocenters. The molecule has 0 fully saturated rings. The number of hydrogen-bond acceptors (Lipinski definition) is 3. The average Bonchev–Trinajstić information content (AvgIpc) is 2.29. The van der Waals surface area contributed by atoms with Gasteiger partial charge in [-0.15, -0.1) is 0 Å². The van der Waals surface area contributed by atoms with Crippen molar-refractivity contribution in [3.05, 3.63) is 29.8 Å². The first-order chi connectivity index (χ1) is 7.69. The molecule has 0 aromatic heterocycles. The Labute approximate surface area is 97.4 Å². The summed E-state index contributed by atoms with van der Waals surface area (Å²) in [6.07, 6.45) is 0.533. The van der Waals surface area contributed by atoms with Gasteiger partial charge in [0.2, 0.25) is 0 Å². The van der Waals surface area contributed by atoms with Gasteiger partial charge in [-0.1, -0.05) is 25.1 Å². The number of rotatable bonds is 6. The zero-order chi connectivity index (χ0) is 12.0. The van der Waals surface area contributed by atoms with E-state index in [4.69, 9.17) is 4.74 Å². The molecule has 0 saturated carbocycles. The van der Waals surface area contributed by atoms with E-state index in [1.165, 1.54) is 0 Å². The summed E-state index contributed by atoms with van der Waals surface area (Å²) in [5, 5.41) is 13.0. The van der Waals surface area contributed by atoms with Crippen molar-refractivity contribution in [2.75, 3.05) is 19.0 Å². The normalized spacial score (nSPS) is 14.5. The van der Waals surface area contributed by atoms with E-state index in [2.05, 4.69) is 12.2 Å². The van der Waals surface area contributed by atoms with Gasteiger partial charge in [-0.05, 0) is 19.4 Å². The molecule has 16 heavy (non-hydrogen) atoms. The van der Waals surface area contributed by atoms with E-state index < -0.39 is 6.10 Å². The SMILES string of the molecule is CCC(COC)Nc1ccccc1C(C)O. The van der Waals surface area contributed by atoms with Crippen molar-refractivity contribution in [3.8, 4) is 0 Å². The summed E-state index contributed by atoms with van der Waals surface area (Å²) >= 11 is 0. The van der Waals surface area contributed by atoms with E-state index in [1.807, 2.05) is 24.3 Å². The summed E-state index contributed by atoms with van der Waals surface area (Å²) in [4.78, 5) is 0. The highest BCUT2D eigenvalue weighted by Gasteiger charge is 2.10. The molecule has 0 radical (unpaired) electrons. The van der Waals surface area contributed by atoms with Gasteiger partial charge in [0, 0.05) is 24.4 Å². The maximum atomic E-state index is 9.65. The molecule has 2 atom stereocenters. The molecular formula is C13H21NO2. The van der Waals surface area contributed by atoms with Crippen molar-refractivity contribution >= 4 is 5.69 Å². The fraction of sp³-hybridized carbons (Fsp3) is 0.538. The van der Waals surface area contributed by atoms with Crippen LogP contribution in [-0.4, -0.2) is 24.9 Å². The van der Waals surface area contributed by atoms with Crippen molar-refractivity contribution in [2.45, 2.75) is 32.4 Å². The smallest absolute Gasteiger partial charge is 0.0781 e. The number of hydrogen-bond donors (Lipinski definition) is 2. The molecule has 1 aromatic rings. The number of para-hydroxylation sites is 1. The Kier molecular flexibility index (Phi) is 5.29. The van der Waals surface area contributed by atoms with E-state index >= 15 is 0 Å². The third-order valence-electron chi connectivity index (χ3n) is 2.63. The summed E-state index contributed by atoms with van der Waals surface area (Å²) in [5.41, 5.74) is 1.92. The van der Waals surface area contributed by atoms with Crippen LogP contribution in [0.4, 0.5) is 5.69 Å². The molecule has 3 nitrogen and oxygen atoms in total. The highest BCUT2D eigenvalue weighted by Crippen LogP contribution is 2.23. The Morgan fingerprint density at radius 3 is 2.62 bits per heavy atom. The predicted octanol–water partition coefficient (Wildman–Crippen LogP) is 2.58. The minimum Gasteiger partial charge on any atom is -0.389 e. The Bertz CT molecular complexity index is 313. The highest BCUT2D eigenvalue weighted by molar-refractivity contribution is 5.52. The number of anilines is 1. The molecule has 0 heterocycles. The fourth-order valence-corrected chi connectivity index (χ4v) is 1.68. The second-order valence-corrected chi connectivity index (χ2v) is 3.97. The van der Waals surface area contributed by atoms with Crippen molar-refractivity contribution in [1.29, 1.82) is 0 Å².